The zero-order valence-electron chi connectivity index (χ0n) is 14.7. The van der Waals surface area contributed by atoms with E-state index in [2.05, 4.69) is 14.1 Å². The first kappa shape index (κ1) is 18.3. The molecular weight excluding hydrogens is 352 g/mol. The van der Waals surface area contributed by atoms with Crippen LogP contribution in [0.4, 0.5) is 0 Å². The maximum atomic E-state index is 12.7. The molecule has 0 aliphatic heterocycles. The van der Waals surface area contributed by atoms with Crippen molar-refractivity contribution in [1.82, 2.24) is 19.0 Å². The molecule has 2 aromatic rings. The molecule has 0 bridgehead atoms. The lowest BCUT2D eigenvalue weighted by atomic mass is 10.2. The molecule has 0 radical (unpaired) electrons. The summed E-state index contributed by atoms with van der Waals surface area (Å²) in [6.45, 7) is 0.317. The predicted octanol–water partition coefficient (Wildman–Crippen LogP) is 2.25. The number of benzene rings is 1. The Morgan fingerprint density at radius 3 is 2.62 bits per heavy atom. The van der Waals surface area contributed by atoms with Gasteiger partial charge < -0.3 is 15.0 Å². The molecule has 1 aromatic heterocycles. The summed E-state index contributed by atoms with van der Waals surface area (Å²) in [4.78, 5) is 26.7. The van der Waals surface area contributed by atoms with Gasteiger partial charge in [0.15, 0.2) is 5.69 Å². The number of ether oxygens (including phenoxy) is 1. The average Bonchev–Trinajstić information content (AvgIpc) is 3.35. The standard InChI is InChI=1S/C18H22N4O3S/c1-25-15-8-6-13(7-9-15)11-22(18(24)16-10-19-26-21-16)12-17(23)20-14-4-2-3-5-14/h6-10,14H,2-5,11-12H2,1H3,(H,20,23). The predicted molar refractivity (Wildman–Crippen MR) is 98.0 cm³/mol. The van der Waals surface area contributed by atoms with E-state index in [4.69, 9.17) is 4.74 Å². The fourth-order valence-corrected chi connectivity index (χ4v) is 3.50. The first-order valence-electron chi connectivity index (χ1n) is 8.65. The highest BCUT2D eigenvalue weighted by Crippen LogP contribution is 2.18. The van der Waals surface area contributed by atoms with Crippen LogP contribution >= 0.6 is 11.7 Å². The van der Waals surface area contributed by atoms with Crippen LogP contribution in [0.15, 0.2) is 30.5 Å². The van der Waals surface area contributed by atoms with Gasteiger partial charge in [0.1, 0.15) is 12.3 Å². The highest BCUT2D eigenvalue weighted by Gasteiger charge is 2.23. The number of methoxy groups -OCH3 is 1. The summed E-state index contributed by atoms with van der Waals surface area (Å²) < 4.78 is 13.0. The summed E-state index contributed by atoms with van der Waals surface area (Å²) in [5.41, 5.74) is 1.17. The van der Waals surface area contributed by atoms with E-state index in [1.165, 1.54) is 11.1 Å². The van der Waals surface area contributed by atoms with Crippen LogP contribution in [0.2, 0.25) is 0 Å². The topological polar surface area (TPSA) is 84.4 Å². The third-order valence-electron chi connectivity index (χ3n) is 4.45. The minimum Gasteiger partial charge on any atom is -0.497 e. The van der Waals surface area contributed by atoms with E-state index in [9.17, 15) is 9.59 Å². The van der Waals surface area contributed by atoms with Crippen molar-refractivity contribution in [2.45, 2.75) is 38.3 Å². The number of amides is 2. The van der Waals surface area contributed by atoms with Crippen LogP contribution in [0.1, 0.15) is 41.7 Å². The van der Waals surface area contributed by atoms with Gasteiger partial charge in [0, 0.05) is 12.6 Å². The third-order valence-corrected chi connectivity index (χ3v) is 4.93. The minimum atomic E-state index is -0.295. The number of carbonyl (C=O) groups excluding carboxylic acids is 2. The average molecular weight is 374 g/mol. The second-order valence-electron chi connectivity index (χ2n) is 6.35. The van der Waals surface area contributed by atoms with Crippen molar-refractivity contribution in [2.75, 3.05) is 13.7 Å². The van der Waals surface area contributed by atoms with Gasteiger partial charge in [-0.05, 0) is 30.5 Å². The van der Waals surface area contributed by atoms with Crippen molar-refractivity contribution >= 4 is 23.5 Å². The lowest BCUT2D eigenvalue weighted by Crippen LogP contribution is -2.43. The van der Waals surface area contributed by atoms with Gasteiger partial charge in [-0.15, -0.1) is 0 Å². The Morgan fingerprint density at radius 2 is 2.00 bits per heavy atom. The van der Waals surface area contributed by atoms with Crippen LogP contribution in [-0.4, -0.2) is 45.2 Å². The second-order valence-corrected chi connectivity index (χ2v) is 6.91. The van der Waals surface area contributed by atoms with Gasteiger partial charge >= 0.3 is 0 Å². The highest BCUT2D eigenvalue weighted by molar-refractivity contribution is 6.99. The monoisotopic (exact) mass is 374 g/mol. The Morgan fingerprint density at radius 1 is 1.27 bits per heavy atom. The van der Waals surface area contributed by atoms with Gasteiger partial charge in [0.05, 0.1) is 25.0 Å². The Balaban J connectivity index is 1.69. The van der Waals surface area contributed by atoms with Crippen LogP contribution in [0.5, 0.6) is 5.75 Å². The molecule has 1 fully saturated rings. The zero-order valence-corrected chi connectivity index (χ0v) is 15.5. The van der Waals surface area contributed by atoms with Crippen molar-refractivity contribution in [3.63, 3.8) is 0 Å². The van der Waals surface area contributed by atoms with E-state index in [0.29, 0.717) is 6.54 Å². The van der Waals surface area contributed by atoms with Gasteiger partial charge in [-0.3, -0.25) is 9.59 Å². The lowest BCUT2D eigenvalue weighted by molar-refractivity contribution is -0.122. The summed E-state index contributed by atoms with van der Waals surface area (Å²) in [5, 5.41) is 3.03. The number of carbonyl (C=O) groups is 2. The molecule has 1 heterocycles. The molecule has 0 atom stereocenters. The fourth-order valence-electron chi connectivity index (χ4n) is 3.09. The minimum absolute atomic E-state index is 0.00110. The van der Waals surface area contributed by atoms with E-state index in [-0.39, 0.29) is 30.1 Å². The molecule has 1 N–H and O–H groups in total. The third kappa shape index (κ3) is 4.78. The number of aromatic nitrogens is 2. The molecule has 1 aliphatic rings. The number of nitrogens with one attached hydrogen (secondary N) is 1. The largest absolute Gasteiger partial charge is 0.497 e. The van der Waals surface area contributed by atoms with Gasteiger partial charge in [-0.1, -0.05) is 25.0 Å². The van der Waals surface area contributed by atoms with Crippen molar-refractivity contribution < 1.29 is 14.3 Å². The molecule has 1 aliphatic carbocycles. The lowest BCUT2D eigenvalue weighted by Gasteiger charge is -2.22. The SMILES string of the molecule is COc1ccc(CN(CC(=O)NC2CCCC2)C(=O)c2cnsn2)cc1. The van der Waals surface area contributed by atoms with Crippen molar-refractivity contribution in [1.29, 1.82) is 0 Å². The van der Waals surface area contributed by atoms with Crippen molar-refractivity contribution in [3.8, 4) is 5.75 Å². The molecular formula is C18H22N4O3S. The normalized spacial score (nSPS) is 14.2. The van der Waals surface area contributed by atoms with E-state index in [1.54, 1.807) is 7.11 Å². The summed E-state index contributed by atoms with van der Waals surface area (Å²) in [6.07, 6.45) is 5.74. The fraction of sp³-hybridized carbons (Fsp3) is 0.444. The molecule has 0 spiro atoms. The number of rotatable bonds is 7. The molecule has 8 heteroatoms. The van der Waals surface area contributed by atoms with Crippen molar-refractivity contribution in [2.24, 2.45) is 0 Å². The summed E-state index contributed by atoms with van der Waals surface area (Å²) >= 11 is 0.977. The first-order valence-corrected chi connectivity index (χ1v) is 9.38. The van der Waals surface area contributed by atoms with Gasteiger partial charge in [-0.25, -0.2) is 0 Å². The molecule has 0 unspecified atom stereocenters. The van der Waals surface area contributed by atoms with Crippen LogP contribution in [0, 0.1) is 0 Å². The van der Waals surface area contributed by atoms with Crippen LogP contribution in [0.3, 0.4) is 0 Å². The Kier molecular flexibility index (Phi) is 6.17. The first-order chi connectivity index (χ1) is 12.7. The smallest absolute Gasteiger partial charge is 0.276 e. The molecule has 26 heavy (non-hydrogen) atoms. The van der Waals surface area contributed by atoms with E-state index < -0.39 is 0 Å². The zero-order chi connectivity index (χ0) is 18.4. The van der Waals surface area contributed by atoms with Crippen LogP contribution in [-0.2, 0) is 11.3 Å². The Bertz CT molecular complexity index is 727. The maximum absolute atomic E-state index is 12.7. The number of nitrogens with zero attached hydrogens (tertiary/aromatic N) is 3. The highest BCUT2D eigenvalue weighted by atomic mass is 32.1. The van der Waals surface area contributed by atoms with Gasteiger partial charge in [0.2, 0.25) is 5.91 Å². The molecule has 7 nitrogen and oxygen atoms in total. The van der Waals surface area contributed by atoms with E-state index >= 15 is 0 Å². The van der Waals surface area contributed by atoms with Crippen LogP contribution in [0.25, 0.3) is 0 Å². The summed E-state index contributed by atoms with van der Waals surface area (Å²) in [5.74, 6) is 0.312. The molecule has 3 rings (SSSR count). The van der Waals surface area contributed by atoms with E-state index in [0.717, 1.165) is 48.7 Å². The second kappa shape index (κ2) is 8.75. The molecule has 2 amide bonds. The van der Waals surface area contributed by atoms with Gasteiger partial charge in [-0.2, -0.15) is 8.75 Å². The summed E-state index contributed by atoms with van der Waals surface area (Å²) in [7, 11) is 1.60. The van der Waals surface area contributed by atoms with Crippen LogP contribution < -0.4 is 10.1 Å². The molecule has 0 saturated heterocycles. The molecule has 1 saturated carbocycles. The maximum Gasteiger partial charge on any atom is 0.276 e. The number of hydrogen-bond acceptors (Lipinski definition) is 6. The Labute approximate surface area is 156 Å². The molecule has 138 valence electrons. The Hall–Kier alpha value is -2.48. The number of hydrogen-bond donors (Lipinski definition) is 1. The van der Waals surface area contributed by atoms with E-state index in [1.807, 2.05) is 24.3 Å². The van der Waals surface area contributed by atoms with Gasteiger partial charge in [0.25, 0.3) is 5.91 Å². The quantitative estimate of drug-likeness (QED) is 0.803. The summed E-state index contributed by atoms with van der Waals surface area (Å²) in [6, 6.07) is 7.66. The van der Waals surface area contributed by atoms with Crippen molar-refractivity contribution in [3.05, 3.63) is 41.7 Å². The molecule has 1 aromatic carbocycles.